The van der Waals surface area contributed by atoms with Crippen LogP contribution in [0.3, 0.4) is 0 Å². The van der Waals surface area contributed by atoms with Gasteiger partial charge in [0.1, 0.15) is 17.7 Å². The summed E-state index contributed by atoms with van der Waals surface area (Å²) >= 11 is 5.90. The van der Waals surface area contributed by atoms with Crippen LogP contribution in [0.1, 0.15) is 69.7 Å². The Bertz CT molecular complexity index is 1600. The summed E-state index contributed by atoms with van der Waals surface area (Å²) in [6.45, 7) is 7.05. The number of ether oxygens (including phenoxy) is 2. The quantitative estimate of drug-likeness (QED) is 0.159. The average molecular weight is 650 g/mol. The second-order valence-corrected chi connectivity index (χ2v) is 12.6. The van der Waals surface area contributed by atoms with Gasteiger partial charge >= 0.3 is 5.97 Å². The van der Waals surface area contributed by atoms with E-state index >= 15 is 0 Å². The van der Waals surface area contributed by atoms with Gasteiger partial charge in [-0.1, -0.05) is 19.9 Å². The molecule has 0 amide bonds. The molecule has 12 nitrogen and oxygen atoms in total. The molecule has 13 heteroatoms. The first kappa shape index (κ1) is 33.2. The van der Waals surface area contributed by atoms with Crippen LogP contribution >= 0.6 is 11.6 Å². The van der Waals surface area contributed by atoms with Crippen molar-refractivity contribution >= 4 is 34.8 Å². The van der Waals surface area contributed by atoms with Crippen molar-refractivity contribution in [3.63, 3.8) is 0 Å². The molecule has 3 heterocycles. The summed E-state index contributed by atoms with van der Waals surface area (Å²) in [5, 5.41) is 11.7. The van der Waals surface area contributed by atoms with Crippen molar-refractivity contribution in [3.05, 3.63) is 54.0 Å². The van der Waals surface area contributed by atoms with E-state index in [1.807, 2.05) is 32.2 Å². The lowest BCUT2D eigenvalue weighted by molar-refractivity contribution is -0.0635. The van der Waals surface area contributed by atoms with Crippen LogP contribution in [-0.2, 0) is 18.3 Å². The lowest BCUT2D eigenvalue weighted by atomic mass is 9.49. The van der Waals surface area contributed by atoms with Crippen LogP contribution in [0.15, 0.2) is 43.1 Å². The molecule has 1 aromatic carbocycles. The van der Waals surface area contributed by atoms with Gasteiger partial charge in [0.25, 0.3) is 0 Å². The number of hydrogen-bond acceptors (Lipinski definition) is 10. The highest BCUT2D eigenvalue weighted by atomic mass is 35.5. The van der Waals surface area contributed by atoms with E-state index in [-0.39, 0.29) is 23.3 Å². The largest absolute Gasteiger partial charge is 0.494 e. The molecule has 0 unspecified atom stereocenters. The normalized spacial score (nSPS) is 22.3. The summed E-state index contributed by atoms with van der Waals surface area (Å²) in [5.41, 5.74) is 8.52. The maximum Gasteiger partial charge on any atom is 0.343 e. The summed E-state index contributed by atoms with van der Waals surface area (Å²) in [5.74, 6) is 3.71. The molecular formula is C33H44ClN9O3. The number of benzene rings is 1. The van der Waals surface area contributed by atoms with Gasteiger partial charge in [-0.2, -0.15) is 15.2 Å². The van der Waals surface area contributed by atoms with Gasteiger partial charge in [0.2, 0.25) is 5.28 Å². The smallest absolute Gasteiger partial charge is 0.343 e. The summed E-state index contributed by atoms with van der Waals surface area (Å²) in [4.78, 5) is 24.4. The number of para-hydroxylation sites is 1. The predicted octanol–water partition coefficient (Wildman–Crippen LogP) is 6.56. The van der Waals surface area contributed by atoms with Crippen LogP contribution in [-0.4, -0.2) is 54.2 Å². The Hall–Kier alpha value is -4.19. The minimum absolute atomic E-state index is 0.00735. The van der Waals surface area contributed by atoms with Crippen molar-refractivity contribution < 1.29 is 14.3 Å². The molecule has 3 N–H and O–H groups in total. The van der Waals surface area contributed by atoms with Crippen LogP contribution in [0.5, 0.6) is 5.75 Å². The van der Waals surface area contributed by atoms with Gasteiger partial charge in [-0.05, 0) is 92.4 Å². The van der Waals surface area contributed by atoms with E-state index in [1.165, 1.54) is 51.8 Å². The number of carbonyl (C=O) groups excluding carboxylic acids is 1. The third kappa shape index (κ3) is 7.43. The molecule has 4 aliphatic carbocycles. The Kier molecular flexibility index (Phi) is 10.5. The molecule has 3 aromatic heterocycles. The van der Waals surface area contributed by atoms with Crippen molar-refractivity contribution in [1.29, 1.82) is 0 Å². The zero-order valence-corrected chi connectivity index (χ0v) is 28.0. The SMILES string of the molecule is CC.CCOC(=O)c1cnc(Cl)nc1Nc1cccc(-c2ncn(C)n2)c1OC.Nc1cnn(CC23CC4CC(CC(C4)C2)C3)c1. The maximum absolute atomic E-state index is 12.2. The van der Waals surface area contributed by atoms with Crippen molar-refractivity contribution in [3.8, 4) is 17.1 Å². The summed E-state index contributed by atoms with van der Waals surface area (Å²) in [7, 11) is 3.31. The molecular weight excluding hydrogens is 606 g/mol. The van der Waals surface area contributed by atoms with Crippen LogP contribution in [0.2, 0.25) is 5.28 Å². The highest BCUT2D eigenvalue weighted by Crippen LogP contribution is 2.60. The minimum atomic E-state index is -0.557. The molecule has 8 rings (SSSR count). The molecule has 4 bridgehead atoms. The number of aryl methyl sites for hydroxylation is 1. The Balaban J connectivity index is 0.000000187. The number of anilines is 3. The van der Waals surface area contributed by atoms with Crippen molar-refractivity contribution in [2.75, 3.05) is 24.8 Å². The molecule has 246 valence electrons. The van der Waals surface area contributed by atoms with E-state index in [4.69, 9.17) is 26.8 Å². The molecule has 46 heavy (non-hydrogen) atoms. The van der Waals surface area contributed by atoms with Gasteiger partial charge in [-0.15, -0.1) is 0 Å². The number of nitrogen functional groups attached to an aromatic ring is 1. The Morgan fingerprint density at radius 3 is 2.37 bits per heavy atom. The van der Waals surface area contributed by atoms with Gasteiger partial charge in [-0.25, -0.2) is 14.8 Å². The number of hydrogen-bond donors (Lipinski definition) is 2. The van der Waals surface area contributed by atoms with Crippen LogP contribution in [0.25, 0.3) is 11.4 Å². The second kappa shape index (κ2) is 14.5. The third-order valence-electron chi connectivity index (χ3n) is 8.88. The third-order valence-corrected chi connectivity index (χ3v) is 9.07. The van der Waals surface area contributed by atoms with Gasteiger partial charge in [0, 0.05) is 26.0 Å². The van der Waals surface area contributed by atoms with Gasteiger partial charge in [0.15, 0.2) is 11.6 Å². The number of nitrogens with zero attached hydrogens (tertiary/aromatic N) is 7. The summed E-state index contributed by atoms with van der Waals surface area (Å²) < 4.78 is 14.3. The number of aromatic nitrogens is 7. The number of methoxy groups -OCH3 is 1. The fourth-order valence-electron chi connectivity index (χ4n) is 7.73. The molecule has 0 spiro atoms. The highest BCUT2D eigenvalue weighted by molar-refractivity contribution is 6.28. The van der Waals surface area contributed by atoms with E-state index in [0.29, 0.717) is 28.2 Å². The Labute approximate surface area is 275 Å². The Morgan fingerprint density at radius 1 is 1.11 bits per heavy atom. The fourth-order valence-corrected chi connectivity index (χ4v) is 7.86. The number of rotatable bonds is 8. The van der Waals surface area contributed by atoms with Crippen molar-refractivity contribution in [1.82, 2.24) is 34.5 Å². The number of esters is 1. The van der Waals surface area contributed by atoms with Crippen LogP contribution in [0.4, 0.5) is 17.2 Å². The highest BCUT2D eigenvalue weighted by Gasteiger charge is 2.51. The zero-order chi connectivity index (χ0) is 32.8. The number of carbonyl (C=O) groups is 1. The van der Waals surface area contributed by atoms with E-state index in [2.05, 4.69) is 35.1 Å². The number of nitrogens with two attached hydrogens (primary N) is 1. The van der Waals surface area contributed by atoms with E-state index in [0.717, 1.165) is 30.0 Å². The molecule has 4 aliphatic rings. The number of nitrogens with one attached hydrogen (secondary N) is 1. The van der Waals surface area contributed by atoms with Gasteiger partial charge in [-0.3, -0.25) is 9.36 Å². The fraction of sp³-hybridized carbons (Fsp3) is 0.515. The Morgan fingerprint density at radius 2 is 1.80 bits per heavy atom. The predicted molar refractivity (Wildman–Crippen MR) is 178 cm³/mol. The lowest BCUT2D eigenvalue weighted by Crippen LogP contribution is -2.47. The lowest BCUT2D eigenvalue weighted by Gasteiger charge is -2.56. The van der Waals surface area contributed by atoms with Gasteiger partial charge < -0.3 is 20.5 Å². The minimum Gasteiger partial charge on any atom is -0.494 e. The topological polar surface area (TPSA) is 148 Å². The number of halogens is 1. The van der Waals surface area contributed by atoms with Crippen LogP contribution in [0, 0.1) is 23.2 Å². The maximum atomic E-state index is 12.2. The van der Waals surface area contributed by atoms with E-state index in [9.17, 15) is 4.79 Å². The van der Waals surface area contributed by atoms with E-state index < -0.39 is 5.97 Å². The molecule has 4 saturated carbocycles. The first-order chi connectivity index (χ1) is 22.2. The molecule has 0 saturated heterocycles. The zero-order valence-electron chi connectivity index (χ0n) is 27.2. The van der Waals surface area contributed by atoms with Gasteiger partial charge in [0.05, 0.1) is 36.9 Å². The molecule has 0 atom stereocenters. The molecule has 0 radical (unpaired) electrons. The van der Waals surface area contributed by atoms with Crippen molar-refractivity contribution in [2.24, 2.45) is 30.2 Å². The molecule has 0 aliphatic heterocycles. The molecule has 4 aromatic rings. The summed E-state index contributed by atoms with van der Waals surface area (Å²) in [6.07, 6.45) is 15.6. The monoisotopic (exact) mass is 649 g/mol. The van der Waals surface area contributed by atoms with Crippen molar-refractivity contribution in [2.45, 2.75) is 65.8 Å². The molecule has 4 fully saturated rings. The average Bonchev–Trinajstić information content (AvgIpc) is 3.64. The standard InChI is InChI=1S/C17H17ClN6O3.C14H21N3.C2H6/c1-4-27-16(25)11-8-19-17(18)22-15(11)21-12-7-5-6-10(13(12)26-3)14-20-9-24(2)23-14;15-13-7-16-17(8-13)9-14-4-10-1-11(5-14)3-12(2-10)6-14;1-2/h5-9H,4H2,1-3H3,(H,19,21,22);7-8,10-12H,1-6,9,15H2;1-2H3. The first-order valence-corrected chi connectivity index (χ1v) is 16.4. The van der Waals surface area contributed by atoms with E-state index in [1.54, 1.807) is 37.2 Å². The summed E-state index contributed by atoms with van der Waals surface area (Å²) in [6, 6.07) is 5.41. The first-order valence-electron chi connectivity index (χ1n) is 16.0. The second-order valence-electron chi connectivity index (χ2n) is 12.3. The van der Waals surface area contributed by atoms with Crippen LogP contribution < -0.4 is 15.8 Å².